The number of amides is 1. The Bertz CT molecular complexity index is 233. The summed E-state index contributed by atoms with van der Waals surface area (Å²) in [6.07, 6.45) is 6.34. The number of hydrogen-bond acceptors (Lipinski definition) is 3. The lowest BCUT2D eigenvalue weighted by atomic mass is 10.1. The van der Waals surface area contributed by atoms with Crippen LogP contribution in [0.15, 0.2) is 0 Å². The molecule has 4 nitrogen and oxygen atoms in total. The fraction of sp³-hybridized carbons (Fsp3) is 0.923. The van der Waals surface area contributed by atoms with Gasteiger partial charge in [-0.25, -0.2) is 0 Å². The van der Waals surface area contributed by atoms with Crippen LogP contribution in [0.3, 0.4) is 0 Å². The van der Waals surface area contributed by atoms with Gasteiger partial charge in [0.25, 0.3) is 0 Å². The molecule has 1 rings (SSSR count). The van der Waals surface area contributed by atoms with Crippen LogP contribution in [0.2, 0.25) is 0 Å². The molecule has 1 aliphatic rings. The number of hydrogen-bond donors (Lipinski definition) is 1. The zero-order valence-electron chi connectivity index (χ0n) is 11.2. The molecule has 100 valence electrons. The van der Waals surface area contributed by atoms with Crippen LogP contribution < -0.4 is 5.73 Å². The van der Waals surface area contributed by atoms with Crippen molar-refractivity contribution in [2.24, 2.45) is 5.73 Å². The first kappa shape index (κ1) is 14.5. The van der Waals surface area contributed by atoms with Gasteiger partial charge >= 0.3 is 0 Å². The Labute approximate surface area is 104 Å². The van der Waals surface area contributed by atoms with Crippen LogP contribution >= 0.6 is 0 Å². The minimum Gasteiger partial charge on any atom is -0.385 e. The van der Waals surface area contributed by atoms with E-state index in [2.05, 4.69) is 6.92 Å². The maximum atomic E-state index is 12.3. The molecule has 0 bridgehead atoms. The van der Waals surface area contributed by atoms with Gasteiger partial charge in [-0.15, -0.1) is 0 Å². The molecule has 0 aliphatic carbocycles. The van der Waals surface area contributed by atoms with Crippen LogP contribution in [-0.2, 0) is 9.53 Å². The fourth-order valence-electron chi connectivity index (χ4n) is 2.47. The number of nitrogens with two attached hydrogens (primary N) is 1. The lowest BCUT2D eigenvalue weighted by Gasteiger charge is -2.31. The van der Waals surface area contributed by atoms with Crippen molar-refractivity contribution < 1.29 is 9.53 Å². The maximum Gasteiger partial charge on any atom is 0.239 e. The van der Waals surface area contributed by atoms with E-state index in [0.29, 0.717) is 19.1 Å². The molecule has 1 saturated heterocycles. The molecule has 0 saturated carbocycles. The van der Waals surface area contributed by atoms with Crippen LogP contribution in [0.4, 0.5) is 0 Å². The van der Waals surface area contributed by atoms with Crippen LogP contribution in [0.1, 0.15) is 45.4 Å². The van der Waals surface area contributed by atoms with Gasteiger partial charge in [-0.2, -0.15) is 0 Å². The highest BCUT2D eigenvalue weighted by atomic mass is 16.5. The van der Waals surface area contributed by atoms with Gasteiger partial charge in [0.15, 0.2) is 0 Å². The van der Waals surface area contributed by atoms with E-state index in [1.165, 1.54) is 12.8 Å². The SMILES string of the molecule is CCC1CCCCCN1C(=O)C(N)CCOC. The number of ether oxygens (including phenoxy) is 1. The van der Waals surface area contributed by atoms with Crippen LogP contribution in [0.25, 0.3) is 0 Å². The highest BCUT2D eigenvalue weighted by Crippen LogP contribution is 2.20. The molecule has 1 aliphatic heterocycles. The van der Waals surface area contributed by atoms with E-state index in [0.717, 1.165) is 25.8 Å². The molecule has 1 fully saturated rings. The van der Waals surface area contributed by atoms with E-state index in [4.69, 9.17) is 10.5 Å². The molecule has 17 heavy (non-hydrogen) atoms. The molecule has 0 aromatic carbocycles. The third-order valence-electron chi connectivity index (χ3n) is 3.58. The van der Waals surface area contributed by atoms with Gasteiger partial charge in [0, 0.05) is 26.3 Å². The van der Waals surface area contributed by atoms with E-state index in [1.807, 2.05) is 4.90 Å². The number of rotatable bonds is 5. The number of carbonyl (C=O) groups excluding carboxylic acids is 1. The predicted molar refractivity (Wildman–Crippen MR) is 68.7 cm³/mol. The van der Waals surface area contributed by atoms with Crippen molar-refractivity contribution in [3.8, 4) is 0 Å². The molecular formula is C13H26N2O2. The quantitative estimate of drug-likeness (QED) is 0.795. The maximum absolute atomic E-state index is 12.3. The monoisotopic (exact) mass is 242 g/mol. The molecule has 4 heteroatoms. The average molecular weight is 242 g/mol. The Balaban J connectivity index is 2.56. The summed E-state index contributed by atoms with van der Waals surface area (Å²) in [5, 5.41) is 0. The van der Waals surface area contributed by atoms with E-state index >= 15 is 0 Å². The Morgan fingerprint density at radius 1 is 1.47 bits per heavy atom. The summed E-state index contributed by atoms with van der Waals surface area (Å²) < 4.78 is 4.98. The van der Waals surface area contributed by atoms with Crippen molar-refractivity contribution >= 4 is 5.91 Å². The minimum atomic E-state index is -0.401. The van der Waals surface area contributed by atoms with Crippen molar-refractivity contribution in [3.63, 3.8) is 0 Å². The Morgan fingerprint density at radius 3 is 2.88 bits per heavy atom. The van der Waals surface area contributed by atoms with Gasteiger partial charge < -0.3 is 15.4 Å². The molecule has 0 spiro atoms. The van der Waals surface area contributed by atoms with Crippen molar-refractivity contribution in [2.75, 3.05) is 20.3 Å². The normalized spacial score (nSPS) is 23.2. The van der Waals surface area contributed by atoms with Gasteiger partial charge in [0.1, 0.15) is 0 Å². The minimum absolute atomic E-state index is 0.107. The number of carbonyl (C=O) groups is 1. The first-order chi connectivity index (χ1) is 8.20. The standard InChI is InChI=1S/C13H26N2O2/c1-3-11-7-5-4-6-9-15(11)13(16)12(14)8-10-17-2/h11-12H,3-10,14H2,1-2H3. The van der Waals surface area contributed by atoms with E-state index < -0.39 is 6.04 Å². The second-order valence-electron chi connectivity index (χ2n) is 4.83. The molecule has 2 unspecified atom stereocenters. The van der Waals surface area contributed by atoms with Crippen molar-refractivity contribution in [1.82, 2.24) is 4.90 Å². The average Bonchev–Trinajstić information content (AvgIpc) is 2.59. The van der Waals surface area contributed by atoms with Crippen molar-refractivity contribution in [3.05, 3.63) is 0 Å². The second kappa shape index (κ2) is 7.67. The Hall–Kier alpha value is -0.610. The first-order valence-electron chi connectivity index (χ1n) is 6.75. The summed E-state index contributed by atoms with van der Waals surface area (Å²) in [6, 6.07) is -0.0132. The second-order valence-corrected chi connectivity index (χ2v) is 4.83. The third kappa shape index (κ3) is 4.28. The van der Waals surface area contributed by atoms with E-state index in [1.54, 1.807) is 7.11 Å². The van der Waals surface area contributed by atoms with Crippen LogP contribution in [-0.4, -0.2) is 43.2 Å². The highest BCUT2D eigenvalue weighted by Gasteiger charge is 2.27. The van der Waals surface area contributed by atoms with Gasteiger partial charge in [-0.05, 0) is 25.7 Å². The first-order valence-corrected chi connectivity index (χ1v) is 6.75. The van der Waals surface area contributed by atoms with E-state index in [9.17, 15) is 4.79 Å². The summed E-state index contributed by atoms with van der Waals surface area (Å²) in [5.74, 6) is 0.107. The molecule has 0 aromatic rings. The lowest BCUT2D eigenvalue weighted by Crippen LogP contribution is -2.48. The summed E-state index contributed by atoms with van der Waals surface area (Å²) in [7, 11) is 1.64. The molecular weight excluding hydrogens is 216 g/mol. The number of methoxy groups -OCH3 is 1. The zero-order chi connectivity index (χ0) is 12.7. The van der Waals surface area contributed by atoms with Gasteiger partial charge in [-0.3, -0.25) is 4.79 Å². The predicted octanol–water partition coefficient (Wildman–Crippen LogP) is 1.53. The van der Waals surface area contributed by atoms with Crippen LogP contribution in [0, 0.1) is 0 Å². The topological polar surface area (TPSA) is 55.6 Å². The molecule has 0 aromatic heterocycles. The molecule has 0 radical (unpaired) electrons. The van der Waals surface area contributed by atoms with Gasteiger partial charge in [-0.1, -0.05) is 19.8 Å². The van der Waals surface area contributed by atoms with Crippen molar-refractivity contribution in [2.45, 2.75) is 57.5 Å². The number of nitrogens with zero attached hydrogens (tertiary/aromatic N) is 1. The summed E-state index contributed by atoms with van der Waals surface area (Å²) in [5.41, 5.74) is 5.93. The molecule has 1 amide bonds. The van der Waals surface area contributed by atoms with Gasteiger partial charge in [0.05, 0.1) is 6.04 Å². The largest absolute Gasteiger partial charge is 0.385 e. The highest BCUT2D eigenvalue weighted by molar-refractivity contribution is 5.82. The molecule has 1 heterocycles. The zero-order valence-corrected chi connectivity index (χ0v) is 11.2. The summed E-state index contributed by atoms with van der Waals surface area (Å²) >= 11 is 0. The third-order valence-corrected chi connectivity index (χ3v) is 3.58. The molecule has 2 N–H and O–H groups in total. The summed E-state index contributed by atoms with van der Waals surface area (Å²) in [6.45, 7) is 3.58. The fourth-order valence-corrected chi connectivity index (χ4v) is 2.47. The van der Waals surface area contributed by atoms with Gasteiger partial charge in [0.2, 0.25) is 5.91 Å². The van der Waals surface area contributed by atoms with Crippen molar-refractivity contribution in [1.29, 1.82) is 0 Å². The summed E-state index contributed by atoms with van der Waals surface area (Å²) in [4.78, 5) is 14.3. The smallest absolute Gasteiger partial charge is 0.239 e. The Kier molecular flexibility index (Phi) is 6.52. The van der Waals surface area contributed by atoms with Crippen LogP contribution in [0.5, 0.6) is 0 Å². The Morgan fingerprint density at radius 2 is 2.24 bits per heavy atom. The molecule has 2 atom stereocenters. The van der Waals surface area contributed by atoms with E-state index in [-0.39, 0.29) is 5.91 Å². The number of likely N-dealkylation sites (tertiary alicyclic amines) is 1. The lowest BCUT2D eigenvalue weighted by molar-refractivity contribution is -0.135.